The lowest BCUT2D eigenvalue weighted by molar-refractivity contribution is -0.137. The van der Waals surface area contributed by atoms with Gasteiger partial charge in [-0.25, -0.2) is 16.8 Å². The SMILES string of the molecule is O=C(NNC(=O)C1CC(O)CN1S(=O)(=O)c1ccc(Cl)c(Cl)c1)c1cccc(S(=O)(=O)Nc2cccc(C(F)(F)F)c2)c1. The minimum absolute atomic E-state index is 0.0509. The molecule has 18 heteroatoms. The fourth-order valence-corrected chi connectivity index (χ4v) is 7.23. The number of amides is 2. The van der Waals surface area contributed by atoms with Crippen LogP contribution >= 0.6 is 23.2 Å². The number of carbonyl (C=O) groups is 2. The van der Waals surface area contributed by atoms with Crippen LogP contribution in [0.15, 0.2) is 76.5 Å². The number of aliphatic hydroxyl groups is 1. The van der Waals surface area contributed by atoms with Gasteiger partial charge in [-0.15, -0.1) is 0 Å². The van der Waals surface area contributed by atoms with Gasteiger partial charge in [-0.2, -0.15) is 17.5 Å². The fraction of sp³-hybridized carbons (Fsp3) is 0.200. The molecule has 0 spiro atoms. The Kier molecular flexibility index (Phi) is 9.30. The van der Waals surface area contributed by atoms with Crippen LogP contribution in [0.1, 0.15) is 22.3 Å². The van der Waals surface area contributed by atoms with Crippen molar-refractivity contribution in [3.8, 4) is 0 Å². The van der Waals surface area contributed by atoms with Crippen molar-refractivity contribution in [1.29, 1.82) is 0 Å². The molecular weight excluding hydrogens is 660 g/mol. The van der Waals surface area contributed by atoms with Crippen molar-refractivity contribution in [3.05, 3.63) is 87.9 Å². The third-order valence-electron chi connectivity index (χ3n) is 6.18. The zero-order chi connectivity index (χ0) is 31.7. The van der Waals surface area contributed by atoms with Crippen molar-refractivity contribution in [2.24, 2.45) is 0 Å². The van der Waals surface area contributed by atoms with E-state index in [0.717, 1.165) is 40.7 Å². The van der Waals surface area contributed by atoms with Gasteiger partial charge in [-0.3, -0.25) is 25.2 Å². The van der Waals surface area contributed by atoms with Crippen LogP contribution in [-0.4, -0.2) is 56.8 Å². The Morgan fingerprint density at radius 2 is 1.58 bits per heavy atom. The van der Waals surface area contributed by atoms with Crippen LogP contribution in [-0.2, 0) is 31.0 Å². The van der Waals surface area contributed by atoms with E-state index in [1.54, 1.807) is 0 Å². The van der Waals surface area contributed by atoms with Crippen molar-refractivity contribution < 1.29 is 44.7 Å². The highest BCUT2D eigenvalue weighted by molar-refractivity contribution is 7.92. The van der Waals surface area contributed by atoms with Gasteiger partial charge in [0, 0.05) is 24.2 Å². The van der Waals surface area contributed by atoms with E-state index in [0.29, 0.717) is 6.07 Å². The average Bonchev–Trinajstić information content (AvgIpc) is 3.35. The summed E-state index contributed by atoms with van der Waals surface area (Å²) in [7, 11) is -8.78. The topological polar surface area (TPSA) is 162 Å². The summed E-state index contributed by atoms with van der Waals surface area (Å²) in [6, 6.07) is 9.99. The number of benzene rings is 3. The largest absolute Gasteiger partial charge is 0.416 e. The zero-order valence-electron chi connectivity index (χ0n) is 21.5. The molecule has 0 bridgehead atoms. The molecule has 2 amide bonds. The number of halogens is 5. The number of rotatable bonds is 7. The Balaban J connectivity index is 1.46. The summed E-state index contributed by atoms with van der Waals surface area (Å²) in [6.07, 6.45) is -6.20. The molecule has 11 nitrogen and oxygen atoms in total. The lowest BCUT2D eigenvalue weighted by Gasteiger charge is -2.23. The summed E-state index contributed by atoms with van der Waals surface area (Å²) >= 11 is 11.8. The van der Waals surface area contributed by atoms with E-state index < -0.39 is 67.2 Å². The summed E-state index contributed by atoms with van der Waals surface area (Å²) in [5, 5.41) is 10.2. The average molecular weight is 681 g/mol. The first-order chi connectivity index (χ1) is 20.0. The van der Waals surface area contributed by atoms with Crippen molar-refractivity contribution >= 4 is 60.8 Å². The number of alkyl halides is 3. The highest BCUT2D eigenvalue weighted by atomic mass is 35.5. The number of hydrogen-bond acceptors (Lipinski definition) is 7. The van der Waals surface area contributed by atoms with Crippen LogP contribution in [0.2, 0.25) is 10.0 Å². The molecule has 0 aliphatic carbocycles. The number of carbonyl (C=O) groups excluding carboxylic acids is 2. The van der Waals surface area contributed by atoms with Crippen LogP contribution < -0.4 is 15.6 Å². The Hall–Kier alpha value is -3.41. The first kappa shape index (κ1) is 32.5. The maximum Gasteiger partial charge on any atom is 0.416 e. The summed E-state index contributed by atoms with van der Waals surface area (Å²) in [5.74, 6) is -1.99. The number of nitrogens with one attached hydrogen (secondary N) is 3. The summed E-state index contributed by atoms with van der Waals surface area (Å²) in [6.45, 7) is -0.423. The third-order valence-corrected chi connectivity index (χ3v) is 10.2. The van der Waals surface area contributed by atoms with E-state index in [1.807, 2.05) is 4.72 Å². The molecule has 230 valence electrons. The predicted molar refractivity (Wildman–Crippen MR) is 149 cm³/mol. The van der Waals surface area contributed by atoms with Gasteiger partial charge in [0.25, 0.3) is 21.8 Å². The van der Waals surface area contributed by atoms with Gasteiger partial charge in [0.05, 0.1) is 31.5 Å². The molecule has 1 fully saturated rings. The van der Waals surface area contributed by atoms with Crippen LogP contribution in [0.5, 0.6) is 0 Å². The van der Waals surface area contributed by atoms with Crippen molar-refractivity contribution in [2.75, 3.05) is 11.3 Å². The number of anilines is 1. The highest BCUT2D eigenvalue weighted by Gasteiger charge is 2.43. The Morgan fingerprint density at radius 3 is 2.26 bits per heavy atom. The van der Waals surface area contributed by atoms with E-state index in [9.17, 15) is 44.7 Å². The van der Waals surface area contributed by atoms with Crippen molar-refractivity contribution in [3.63, 3.8) is 0 Å². The van der Waals surface area contributed by atoms with Gasteiger partial charge in [-0.05, 0) is 54.6 Å². The van der Waals surface area contributed by atoms with Crippen LogP contribution in [0.4, 0.5) is 18.9 Å². The molecule has 1 heterocycles. The molecule has 1 saturated heterocycles. The fourth-order valence-electron chi connectivity index (χ4n) is 4.11. The lowest BCUT2D eigenvalue weighted by Crippen LogP contribution is -2.51. The molecule has 2 unspecified atom stereocenters. The molecule has 0 saturated carbocycles. The molecule has 0 radical (unpaired) electrons. The van der Waals surface area contributed by atoms with Gasteiger partial charge in [0.2, 0.25) is 10.0 Å². The Bertz CT molecular complexity index is 1790. The summed E-state index contributed by atoms with van der Waals surface area (Å²) < 4.78 is 93.7. The van der Waals surface area contributed by atoms with Gasteiger partial charge >= 0.3 is 6.18 Å². The quantitative estimate of drug-likeness (QED) is 0.278. The molecule has 0 aromatic heterocycles. The van der Waals surface area contributed by atoms with E-state index in [2.05, 4.69) is 10.9 Å². The number of hydrogen-bond donors (Lipinski definition) is 4. The number of nitrogens with zero attached hydrogens (tertiary/aromatic N) is 1. The van der Waals surface area contributed by atoms with Crippen LogP contribution in [0, 0.1) is 0 Å². The van der Waals surface area contributed by atoms with Gasteiger partial charge < -0.3 is 5.11 Å². The van der Waals surface area contributed by atoms with E-state index >= 15 is 0 Å². The number of sulfonamides is 2. The highest BCUT2D eigenvalue weighted by Crippen LogP contribution is 2.32. The van der Waals surface area contributed by atoms with E-state index in [-0.39, 0.29) is 32.6 Å². The maximum atomic E-state index is 13.2. The normalized spacial score (nSPS) is 17.8. The number of β-amino-alcohol motifs (C(OH)–C–C–N with tert-alkyl or cyclic N) is 1. The zero-order valence-corrected chi connectivity index (χ0v) is 24.6. The maximum absolute atomic E-state index is 13.2. The second-order valence-electron chi connectivity index (χ2n) is 9.21. The third kappa shape index (κ3) is 7.39. The van der Waals surface area contributed by atoms with Crippen LogP contribution in [0.25, 0.3) is 0 Å². The molecule has 3 aromatic carbocycles. The lowest BCUT2D eigenvalue weighted by atomic mass is 10.2. The molecule has 1 aliphatic heterocycles. The number of aliphatic hydroxyl groups excluding tert-OH is 1. The molecule has 3 aromatic rings. The van der Waals surface area contributed by atoms with Gasteiger partial charge in [-0.1, -0.05) is 35.3 Å². The summed E-state index contributed by atoms with van der Waals surface area (Å²) in [4.78, 5) is 24.8. The van der Waals surface area contributed by atoms with Gasteiger partial charge in [0.15, 0.2) is 0 Å². The second-order valence-corrected chi connectivity index (χ2v) is 13.6. The number of hydrazine groups is 1. The van der Waals surface area contributed by atoms with Crippen LogP contribution in [0.3, 0.4) is 0 Å². The Morgan fingerprint density at radius 1 is 0.884 bits per heavy atom. The first-order valence-electron chi connectivity index (χ1n) is 12.0. The molecule has 4 N–H and O–H groups in total. The second kappa shape index (κ2) is 12.3. The molecule has 1 aliphatic rings. The minimum atomic E-state index is -4.70. The van der Waals surface area contributed by atoms with E-state index in [4.69, 9.17) is 23.2 Å². The van der Waals surface area contributed by atoms with Gasteiger partial charge in [0.1, 0.15) is 6.04 Å². The van der Waals surface area contributed by atoms with E-state index in [1.165, 1.54) is 24.3 Å². The van der Waals surface area contributed by atoms with Crippen molar-refractivity contribution in [2.45, 2.75) is 34.5 Å². The smallest absolute Gasteiger partial charge is 0.392 e. The van der Waals surface area contributed by atoms with Crippen molar-refractivity contribution in [1.82, 2.24) is 15.2 Å². The minimum Gasteiger partial charge on any atom is -0.392 e. The monoisotopic (exact) mass is 680 g/mol. The standard InChI is InChI=1S/C25H21Cl2F3N4O7S2/c26-20-8-7-19(12-21(20)27)43(40,41)34-13-17(35)11-22(34)24(37)32-31-23(36)14-3-1-6-18(9-14)42(38,39)33-16-5-2-4-15(10-16)25(28,29)30/h1-10,12,17,22,33,35H,11,13H2,(H,31,36)(H,32,37). The summed E-state index contributed by atoms with van der Waals surface area (Å²) in [5.41, 5.74) is 2.41. The molecule has 43 heavy (non-hydrogen) atoms. The predicted octanol–water partition coefficient (Wildman–Crippen LogP) is 3.40. The molecule has 4 rings (SSSR count). The first-order valence-corrected chi connectivity index (χ1v) is 15.7. The Labute approximate surface area is 253 Å². The molecular formula is C25H21Cl2F3N4O7S2. The molecule has 2 atom stereocenters.